The summed E-state index contributed by atoms with van der Waals surface area (Å²) < 4.78 is 1.55. The predicted molar refractivity (Wildman–Crippen MR) is 118 cm³/mol. The zero-order valence-corrected chi connectivity index (χ0v) is 17.7. The highest BCUT2D eigenvalue weighted by atomic mass is 32.2. The Morgan fingerprint density at radius 2 is 1.97 bits per heavy atom. The SMILES string of the molecule is Cc1ccc(-n2c(SCC(=O)N[C@](C)(C#N)C3CC3)nc3ccccc3c2=O)cc1. The molecule has 2 aromatic carbocycles. The maximum absolute atomic E-state index is 13.2. The summed E-state index contributed by atoms with van der Waals surface area (Å²) in [6, 6.07) is 17.0. The Balaban J connectivity index is 1.66. The Labute approximate surface area is 178 Å². The van der Waals surface area contributed by atoms with Crippen molar-refractivity contribution in [3.05, 3.63) is 64.4 Å². The maximum Gasteiger partial charge on any atom is 0.266 e. The van der Waals surface area contributed by atoms with Gasteiger partial charge in [0.15, 0.2) is 5.16 Å². The molecular weight excluding hydrogens is 396 g/mol. The number of aromatic nitrogens is 2. The van der Waals surface area contributed by atoms with Gasteiger partial charge in [-0.1, -0.05) is 41.6 Å². The van der Waals surface area contributed by atoms with Crippen LogP contribution in [0.25, 0.3) is 16.6 Å². The molecule has 1 saturated carbocycles. The Hall–Kier alpha value is -3.11. The van der Waals surface area contributed by atoms with E-state index in [1.807, 2.05) is 43.3 Å². The molecule has 0 radical (unpaired) electrons. The molecule has 0 aliphatic heterocycles. The highest BCUT2D eigenvalue weighted by Gasteiger charge is 2.42. The third kappa shape index (κ3) is 3.96. The number of rotatable bonds is 6. The molecule has 152 valence electrons. The number of hydrogen-bond donors (Lipinski definition) is 1. The molecule has 7 heteroatoms. The number of benzene rings is 2. The molecule has 0 unspecified atom stereocenters. The van der Waals surface area contributed by atoms with E-state index in [2.05, 4.69) is 16.4 Å². The standard InChI is InChI=1S/C23H22N4O2S/c1-15-7-11-17(12-8-15)27-21(29)18-5-3-4-6-19(18)25-22(27)30-13-20(28)26-23(2,14-24)16-9-10-16/h3-8,11-12,16H,9-10,13H2,1-2H3,(H,26,28)/t23-/m1/s1. The van der Waals surface area contributed by atoms with Crippen molar-refractivity contribution in [2.75, 3.05) is 5.75 Å². The van der Waals surface area contributed by atoms with Crippen LogP contribution in [0.3, 0.4) is 0 Å². The Bertz CT molecular complexity index is 1210. The molecular formula is C23H22N4O2S. The molecule has 3 aromatic rings. The number of amides is 1. The number of nitrogens with one attached hydrogen (secondary N) is 1. The summed E-state index contributed by atoms with van der Waals surface area (Å²) >= 11 is 1.20. The third-order valence-electron chi connectivity index (χ3n) is 5.39. The average Bonchev–Trinajstić information content (AvgIpc) is 3.59. The van der Waals surface area contributed by atoms with Gasteiger partial charge in [0.1, 0.15) is 5.54 Å². The molecule has 1 aliphatic rings. The first-order chi connectivity index (χ1) is 14.4. The van der Waals surface area contributed by atoms with Gasteiger partial charge in [-0.25, -0.2) is 4.98 Å². The second-order valence-corrected chi connectivity index (χ2v) is 8.76. The van der Waals surface area contributed by atoms with Gasteiger partial charge in [-0.2, -0.15) is 5.26 Å². The van der Waals surface area contributed by atoms with E-state index < -0.39 is 5.54 Å². The summed E-state index contributed by atoms with van der Waals surface area (Å²) in [5.74, 6) is 0.0375. The second-order valence-electron chi connectivity index (χ2n) is 7.81. The quantitative estimate of drug-likeness (QED) is 0.488. The molecule has 30 heavy (non-hydrogen) atoms. The van der Waals surface area contributed by atoms with Gasteiger partial charge in [0, 0.05) is 0 Å². The Morgan fingerprint density at radius 1 is 1.27 bits per heavy atom. The molecule has 1 N–H and O–H groups in total. The number of carbonyl (C=O) groups excluding carboxylic acids is 1. The smallest absolute Gasteiger partial charge is 0.266 e. The number of fused-ring (bicyclic) bond motifs is 1. The highest BCUT2D eigenvalue weighted by molar-refractivity contribution is 7.99. The lowest BCUT2D eigenvalue weighted by Gasteiger charge is -2.22. The van der Waals surface area contributed by atoms with E-state index in [-0.39, 0.29) is 23.1 Å². The van der Waals surface area contributed by atoms with Crippen LogP contribution in [0, 0.1) is 24.2 Å². The normalized spacial score (nSPS) is 15.4. The minimum atomic E-state index is -0.842. The summed E-state index contributed by atoms with van der Waals surface area (Å²) in [5.41, 5.74) is 1.36. The van der Waals surface area contributed by atoms with E-state index in [1.165, 1.54) is 11.8 Å². The summed E-state index contributed by atoms with van der Waals surface area (Å²) in [6.07, 6.45) is 1.91. The van der Waals surface area contributed by atoms with E-state index in [9.17, 15) is 14.9 Å². The van der Waals surface area contributed by atoms with E-state index in [4.69, 9.17) is 0 Å². The van der Waals surface area contributed by atoms with E-state index in [1.54, 1.807) is 23.6 Å². The van der Waals surface area contributed by atoms with Crippen molar-refractivity contribution in [3.63, 3.8) is 0 Å². The highest BCUT2D eigenvalue weighted by Crippen LogP contribution is 2.39. The fourth-order valence-electron chi connectivity index (χ4n) is 3.47. The van der Waals surface area contributed by atoms with Crippen molar-refractivity contribution >= 4 is 28.6 Å². The van der Waals surface area contributed by atoms with Crippen LogP contribution in [0.15, 0.2) is 58.5 Å². The van der Waals surface area contributed by atoms with Crippen molar-refractivity contribution in [2.45, 2.75) is 37.4 Å². The summed E-state index contributed by atoms with van der Waals surface area (Å²) in [6.45, 7) is 3.75. The molecule has 1 atom stereocenters. The second kappa shape index (κ2) is 7.96. The molecule has 1 fully saturated rings. The van der Waals surface area contributed by atoms with Gasteiger partial charge in [-0.15, -0.1) is 0 Å². The molecule has 0 bridgehead atoms. The lowest BCUT2D eigenvalue weighted by atomic mass is 9.98. The van der Waals surface area contributed by atoms with Crippen molar-refractivity contribution in [1.29, 1.82) is 5.26 Å². The number of thioether (sulfide) groups is 1. The zero-order chi connectivity index (χ0) is 21.3. The molecule has 1 heterocycles. The number of nitrogens with zero attached hydrogens (tertiary/aromatic N) is 3. The Morgan fingerprint density at radius 3 is 2.63 bits per heavy atom. The van der Waals surface area contributed by atoms with Gasteiger partial charge in [-0.3, -0.25) is 14.2 Å². The van der Waals surface area contributed by atoms with Crippen LogP contribution in [-0.2, 0) is 4.79 Å². The minimum absolute atomic E-state index is 0.0701. The average molecular weight is 419 g/mol. The van der Waals surface area contributed by atoms with Crippen LogP contribution < -0.4 is 10.9 Å². The Kier molecular flexibility index (Phi) is 5.35. The van der Waals surface area contributed by atoms with Crippen LogP contribution in [-0.4, -0.2) is 26.8 Å². The van der Waals surface area contributed by atoms with Gasteiger partial charge in [-0.05, 0) is 56.9 Å². The van der Waals surface area contributed by atoms with Crippen molar-refractivity contribution in [3.8, 4) is 11.8 Å². The topological polar surface area (TPSA) is 87.8 Å². The number of hydrogen-bond acceptors (Lipinski definition) is 5. The summed E-state index contributed by atoms with van der Waals surface area (Å²) in [4.78, 5) is 30.4. The minimum Gasteiger partial charge on any atom is -0.337 e. The van der Waals surface area contributed by atoms with Gasteiger partial charge in [0.25, 0.3) is 5.56 Å². The first-order valence-electron chi connectivity index (χ1n) is 9.85. The van der Waals surface area contributed by atoms with Crippen molar-refractivity contribution in [2.24, 2.45) is 5.92 Å². The van der Waals surface area contributed by atoms with Gasteiger partial charge in [0.05, 0.1) is 28.4 Å². The first-order valence-corrected chi connectivity index (χ1v) is 10.8. The molecule has 6 nitrogen and oxygen atoms in total. The van der Waals surface area contributed by atoms with Crippen LogP contribution in [0.4, 0.5) is 0 Å². The van der Waals surface area contributed by atoms with Gasteiger partial charge >= 0.3 is 0 Å². The van der Waals surface area contributed by atoms with Crippen molar-refractivity contribution in [1.82, 2.24) is 14.9 Å². The lowest BCUT2D eigenvalue weighted by Crippen LogP contribution is -2.47. The predicted octanol–water partition coefficient (Wildman–Crippen LogP) is 3.59. The van der Waals surface area contributed by atoms with Crippen molar-refractivity contribution < 1.29 is 4.79 Å². The molecule has 4 rings (SSSR count). The van der Waals surface area contributed by atoms with E-state index in [0.29, 0.717) is 21.7 Å². The molecule has 0 spiro atoms. The molecule has 1 aromatic heterocycles. The number of para-hydroxylation sites is 1. The van der Waals surface area contributed by atoms with Gasteiger partial charge < -0.3 is 5.32 Å². The summed E-state index contributed by atoms with van der Waals surface area (Å²) in [5, 5.41) is 13.3. The number of aryl methyl sites for hydroxylation is 1. The van der Waals surface area contributed by atoms with Crippen LogP contribution in [0.1, 0.15) is 25.3 Å². The molecule has 1 aliphatic carbocycles. The molecule has 1 amide bonds. The van der Waals surface area contributed by atoms with Gasteiger partial charge in [0.2, 0.25) is 5.91 Å². The largest absolute Gasteiger partial charge is 0.337 e. The van der Waals surface area contributed by atoms with E-state index in [0.717, 1.165) is 18.4 Å². The zero-order valence-electron chi connectivity index (χ0n) is 16.9. The lowest BCUT2D eigenvalue weighted by molar-refractivity contribution is -0.119. The maximum atomic E-state index is 13.2. The third-order valence-corrected chi connectivity index (χ3v) is 6.33. The fourth-order valence-corrected chi connectivity index (χ4v) is 4.28. The monoisotopic (exact) mass is 418 g/mol. The van der Waals surface area contributed by atoms with E-state index >= 15 is 0 Å². The number of nitriles is 1. The molecule has 0 saturated heterocycles. The number of carbonyl (C=O) groups is 1. The summed E-state index contributed by atoms with van der Waals surface area (Å²) in [7, 11) is 0. The van der Waals surface area contributed by atoms with Crippen LogP contribution in [0.5, 0.6) is 0 Å². The van der Waals surface area contributed by atoms with Crippen LogP contribution >= 0.6 is 11.8 Å². The first kappa shape index (κ1) is 20.2. The van der Waals surface area contributed by atoms with Crippen LogP contribution in [0.2, 0.25) is 0 Å². The fraction of sp³-hybridized carbons (Fsp3) is 0.304.